The molecule has 0 saturated heterocycles. The summed E-state index contributed by atoms with van der Waals surface area (Å²) >= 11 is 0. The third-order valence-corrected chi connectivity index (χ3v) is 3.95. The van der Waals surface area contributed by atoms with Gasteiger partial charge in [-0.1, -0.05) is 36.4 Å². The van der Waals surface area contributed by atoms with Gasteiger partial charge in [0.25, 0.3) is 0 Å². The number of aromatic nitrogens is 1. The first-order chi connectivity index (χ1) is 10.4. The fourth-order valence-corrected chi connectivity index (χ4v) is 2.82. The molecule has 108 valence electrons. The number of ether oxygens (including phenoxy) is 1. The number of fused-ring (bicyclic) bond motifs is 1. The predicted octanol–water partition coefficient (Wildman–Crippen LogP) is 4.67. The van der Waals surface area contributed by atoms with Crippen molar-refractivity contribution in [3.05, 3.63) is 66.4 Å². The molecule has 0 radical (unpaired) electrons. The van der Waals surface area contributed by atoms with E-state index in [1.165, 1.54) is 29.3 Å². The van der Waals surface area contributed by atoms with Crippen molar-refractivity contribution in [1.29, 1.82) is 0 Å². The lowest BCUT2D eigenvalue weighted by molar-refractivity contribution is 0.420. The Labute approximate surface area is 126 Å². The van der Waals surface area contributed by atoms with E-state index in [2.05, 4.69) is 59.3 Å². The Morgan fingerprint density at radius 1 is 0.905 bits per heavy atom. The van der Waals surface area contributed by atoms with Crippen LogP contribution >= 0.6 is 0 Å². The van der Waals surface area contributed by atoms with E-state index >= 15 is 0 Å². The normalized spacial score (nSPS) is 10.9. The molecule has 0 atom stereocenters. The molecule has 0 aliphatic heterocycles. The van der Waals surface area contributed by atoms with E-state index in [4.69, 9.17) is 4.74 Å². The highest BCUT2D eigenvalue weighted by atomic mass is 16.5. The number of benzene rings is 2. The molecule has 0 aliphatic carbocycles. The van der Waals surface area contributed by atoms with Crippen LogP contribution in [0.15, 0.2) is 60.8 Å². The smallest absolute Gasteiger partial charge is 0.128 e. The summed E-state index contributed by atoms with van der Waals surface area (Å²) in [5, 5.41) is 1.20. The molecule has 0 unspecified atom stereocenters. The summed E-state index contributed by atoms with van der Waals surface area (Å²) in [6.45, 7) is 1.06. The molecule has 0 fully saturated rings. The second kappa shape index (κ2) is 6.49. The molecule has 0 spiro atoms. The van der Waals surface area contributed by atoms with Gasteiger partial charge in [0.05, 0.1) is 12.6 Å². The van der Waals surface area contributed by atoms with Crippen LogP contribution in [0, 0.1) is 0 Å². The van der Waals surface area contributed by atoms with Crippen LogP contribution < -0.4 is 4.74 Å². The van der Waals surface area contributed by atoms with E-state index in [0.29, 0.717) is 0 Å². The number of hydrogen-bond donors (Lipinski definition) is 0. The first-order valence-corrected chi connectivity index (χ1v) is 7.54. The van der Waals surface area contributed by atoms with Gasteiger partial charge in [-0.3, -0.25) is 0 Å². The average Bonchev–Trinajstić information content (AvgIpc) is 2.96. The second-order valence-electron chi connectivity index (χ2n) is 5.34. The number of hydrogen-bond acceptors (Lipinski definition) is 1. The van der Waals surface area contributed by atoms with Gasteiger partial charge in [-0.05, 0) is 43.0 Å². The molecule has 3 aromatic rings. The van der Waals surface area contributed by atoms with Crippen molar-refractivity contribution >= 4 is 10.9 Å². The van der Waals surface area contributed by atoms with Gasteiger partial charge in [0, 0.05) is 18.1 Å². The summed E-state index contributed by atoms with van der Waals surface area (Å²) in [5.41, 5.74) is 2.69. The lowest BCUT2D eigenvalue weighted by Gasteiger charge is -2.07. The fourth-order valence-electron chi connectivity index (χ4n) is 2.82. The van der Waals surface area contributed by atoms with Crippen molar-refractivity contribution < 1.29 is 4.74 Å². The molecule has 3 rings (SSSR count). The Bertz CT molecular complexity index is 700. The monoisotopic (exact) mass is 279 g/mol. The van der Waals surface area contributed by atoms with Crippen LogP contribution in [0.5, 0.6) is 5.75 Å². The average molecular weight is 279 g/mol. The van der Waals surface area contributed by atoms with Gasteiger partial charge in [-0.2, -0.15) is 0 Å². The lowest BCUT2D eigenvalue weighted by atomic mass is 10.1. The summed E-state index contributed by atoms with van der Waals surface area (Å²) in [5.74, 6) is 0.954. The van der Waals surface area contributed by atoms with Gasteiger partial charge in [0.15, 0.2) is 0 Å². The van der Waals surface area contributed by atoms with Gasteiger partial charge in [0.1, 0.15) is 5.75 Å². The first kappa shape index (κ1) is 13.7. The minimum atomic E-state index is 0.954. The molecule has 0 aliphatic rings. The van der Waals surface area contributed by atoms with Crippen LogP contribution in [0.2, 0.25) is 0 Å². The molecule has 0 N–H and O–H groups in total. The van der Waals surface area contributed by atoms with E-state index in [1.807, 2.05) is 6.07 Å². The highest BCUT2D eigenvalue weighted by molar-refractivity contribution is 5.86. The van der Waals surface area contributed by atoms with E-state index < -0.39 is 0 Å². The summed E-state index contributed by atoms with van der Waals surface area (Å²) in [6, 6.07) is 19.1. The molecular weight excluding hydrogens is 258 g/mol. The molecule has 0 saturated carbocycles. The molecule has 2 nitrogen and oxygen atoms in total. The van der Waals surface area contributed by atoms with Crippen molar-refractivity contribution in [3.8, 4) is 5.75 Å². The van der Waals surface area contributed by atoms with E-state index in [0.717, 1.165) is 18.7 Å². The summed E-state index contributed by atoms with van der Waals surface area (Å²) in [7, 11) is 1.73. The summed E-state index contributed by atoms with van der Waals surface area (Å²) in [6.07, 6.45) is 5.72. The molecular formula is C19H21NO. The van der Waals surface area contributed by atoms with Crippen molar-refractivity contribution in [2.24, 2.45) is 0 Å². The fraction of sp³-hybridized carbons (Fsp3) is 0.263. The highest BCUT2D eigenvalue weighted by Crippen LogP contribution is 2.26. The van der Waals surface area contributed by atoms with Crippen molar-refractivity contribution in [1.82, 2.24) is 4.57 Å². The molecule has 1 aromatic heterocycles. The Balaban J connectivity index is 1.61. The first-order valence-electron chi connectivity index (χ1n) is 7.54. The lowest BCUT2D eigenvalue weighted by Crippen LogP contribution is -1.97. The SMILES string of the molecule is COc1cccc2c1ccn2CCCCc1ccccc1. The number of methoxy groups -OCH3 is 1. The van der Waals surface area contributed by atoms with E-state index in [9.17, 15) is 0 Å². The zero-order valence-electron chi connectivity index (χ0n) is 12.5. The third kappa shape index (κ3) is 3.10. The van der Waals surface area contributed by atoms with E-state index in [1.54, 1.807) is 7.11 Å². The summed E-state index contributed by atoms with van der Waals surface area (Å²) in [4.78, 5) is 0. The van der Waals surface area contributed by atoms with Crippen LogP contribution in [-0.4, -0.2) is 11.7 Å². The molecule has 21 heavy (non-hydrogen) atoms. The number of nitrogens with zero attached hydrogens (tertiary/aromatic N) is 1. The van der Waals surface area contributed by atoms with Crippen molar-refractivity contribution in [2.45, 2.75) is 25.8 Å². The van der Waals surface area contributed by atoms with Crippen molar-refractivity contribution in [3.63, 3.8) is 0 Å². The number of rotatable bonds is 6. The van der Waals surface area contributed by atoms with E-state index in [-0.39, 0.29) is 0 Å². The largest absolute Gasteiger partial charge is 0.496 e. The van der Waals surface area contributed by atoms with Crippen molar-refractivity contribution in [2.75, 3.05) is 7.11 Å². The standard InChI is InChI=1S/C19H21NO/c1-21-19-12-7-11-18-17(19)13-15-20(18)14-6-5-10-16-8-3-2-4-9-16/h2-4,7-9,11-13,15H,5-6,10,14H2,1H3. The molecule has 2 heteroatoms. The molecule has 2 aromatic carbocycles. The van der Waals surface area contributed by atoms with Gasteiger partial charge >= 0.3 is 0 Å². The van der Waals surface area contributed by atoms with Crippen LogP contribution in [0.3, 0.4) is 0 Å². The Kier molecular flexibility index (Phi) is 4.25. The van der Waals surface area contributed by atoms with Gasteiger partial charge in [-0.15, -0.1) is 0 Å². The van der Waals surface area contributed by atoms with Crippen LogP contribution in [0.25, 0.3) is 10.9 Å². The maximum atomic E-state index is 5.41. The number of unbranched alkanes of at least 4 members (excludes halogenated alkanes) is 1. The van der Waals surface area contributed by atoms with Gasteiger partial charge < -0.3 is 9.30 Å². The third-order valence-electron chi connectivity index (χ3n) is 3.95. The Hall–Kier alpha value is -2.22. The van der Waals surface area contributed by atoms with Crippen LogP contribution in [-0.2, 0) is 13.0 Å². The maximum absolute atomic E-state index is 5.41. The molecule has 0 amide bonds. The van der Waals surface area contributed by atoms with Crippen LogP contribution in [0.1, 0.15) is 18.4 Å². The number of aryl methyl sites for hydroxylation is 2. The van der Waals surface area contributed by atoms with Gasteiger partial charge in [-0.25, -0.2) is 0 Å². The Morgan fingerprint density at radius 3 is 2.57 bits per heavy atom. The highest BCUT2D eigenvalue weighted by Gasteiger charge is 2.05. The zero-order valence-corrected chi connectivity index (χ0v) is 12.5. The Morgan fingerprint density at radius 2 is 1.76 bits per heavy atom. The predicted molar refractivity (Wildman–Crippen MR) is 87.9 cm³/mol. The second-order valence-corrected chi connectivity index (χ2v) is 5.34. The van der Waals surface area contributed by atoms with Crippen LogP contribution in [0.4, 0.5) is 0 Å². The van der Waals surface area contributed by atoms with Gasteiger partial charge in [0.2, 0.25) is 0 Å². The molecule has 0 bridgehead atoms. The zero-order chi connectivity index (χ0) is 14.5. The maximum Gasteiger partial charge on any atom is 0.128 e. The minimum absolute atomic E-state index is 0.954. The summed E-state index contributed by atoms with van der Waals surface area (Å²) < 4.78 is 7.73. The molecule has 1 heterocycles. The quantitative estimate of drug-likeness (QED) is 0.598. The minimum Gasteiger partial charge on any atom is -0.496 e. The topological polar surface area (TPSA) is 14.2 Å².